The average Bonchev–Trinajstić information content (AvgIpc) is 2.65. The molecule has 0 aliphatic carbocycles. The van der Waals surface area contributed by atoms with Gasteiger partial charge in [0.1, 0.15) is 6.04 Å². The number of hydrogen-bond donors (Lipinski definition) is 2. The van der Waals surface area contributed by atoms with Crippen LogP contribution in [0.25, 0.3) is 5.57 Å². The van der Waals surface area contributed by atoms with Gasteiger partial charge in [-0.2, -0.15) is 18.4 Å². The third-order valence-electron chi connectivity index (χ3n) is 5.03. The number of carbonyl (C=O) groups is 1. The molecule has 1 amide bonds. The first-order valence-electron chi connectivity index (χ1n) is 9.56. The van der Waals surface area contributed by atoms with E-state index in [1.165, 1.54) is 19.2 Å². The summed E-state index contributed by atoms with van der Waals surface area (Å²) in [5.74, 6) is -0.972. The molecule has 3 atom stereocenters. The van der Waals surface area contributed by atoms with Crippen LogP contribution in [-0.2, 0) is 4.79 Å². The second-order valence-electron chi connectivity index (χ2n) is 7.92. The lowest BCUT2D eigenvalue weighted by atomic mass is 9.85. The Morgan fingerprint density at radius 1 is 1.43 bits per heavy atom. The van der Waals surface area contributed by atoms with Crippen molar-refractivity contribution in [3.05, 3.63) is 48.4 Å². The molecule has 1 unspecified atom stereocenters. The summed E-state index contributed by atoms with van der Waals surface area (Å²) >= 11 is 0. The minimum atomic E-state index is -4.73. The van der Waals surface area contributed by atoms with Gasteiger partial charge in [-0.25, -0.2) is 0 Å². The number of alkyl halides is 3. The van der Waals surface area contributed by atoms with E-state index in [0.717, 1.165) is 10.5 Å². The molecular formula is C21H26F3N5O. The number of nitrogens with zero attached hydrogens (tertiary/aromatic N) is 3. The predicted molar refractivity (Wildman–Crippen MR) is 107 cm³/mol. The van der Waals surface area contributed by atoms with E-state index >= 15 is 0 Å². The van der Waals surface area contributed by atoms with Gasteiger partial charge in [-0.05, 0) is 30.9 Å². The number of pyridine rings is 1. The molecule has 30 heavy (non-hydrogen) atoms. The molecule has 1 aliphatic rings. The van der Waals surface area contributed by atoms with Crippen LogP contribution in [0.2, 0.25) is 0 Å². The molecule has 0 radical (unpaired) electrons. The summed E-state index contributed by atoms with van der Waals surface area (Å²) in [6, 6.07) is 1.91. The maximum Gasteiger partial charge on any atom is 0.406 e. The van der Waals surface area contributed by atoms with E-state index in [1.54, 1.807) is 50.5 Å². The van der Waals surface area contributed by atoms with Crippen LogP contribution in [0, 0.1) is 17.2 Å². The lowest BCUT2D eigenvalue weighted by Crippen LogP contribution is -2.67. The zero-order chi connectivity index (χ0) is 22.5. The van der Waals surface area contributed by atoms with Gasteiger partial charge < -0.3 is 11.1 Å². The second-order valence-corrected chi connectivity index (χ2v) is 7.92. The molecule has 0 saturated heterocycles. The Kier molecular flexibility index (Phi) is 7.26. The zero-order valence-electron chi connectivity index (χ0n) is 17.1. The van der Waals surface area contributed by atoms with Crippen molar-refractivity contribution >= 4 is 11.5 Å². The first kappa shape index (κ1) is 23.4. The average molecular weight is 421 g/mol. The van der Waals surface area contributed by atoms with Crippen LogP contribution in [0.15, 0.2) is 42.9 Å². The van der Waals surface area contributed by atoms with Crippen molar-refractivity contribution in [1.29, 1.82) is 5.26 Å². The highest BCUT2D eigenvalue weighted by Gasteiger charge is 2.55. The van der Waals surface area contributed by atoms with Crippen molar-refractivity contribution in [1.82, 2.24) is 15.2 Å². The zero-order valence-corrected chi connectivity index (χ0v) is 17.1. The lowest BCUT2D eigenvalue weighted by molar-refractivity contribution is -0.202. The quantitative estimate of drug-likeness (QED) is 0.629. The molecule has 0 spiro atoms. The smallest absolute Gasteiger partial charge is 0.380 e. The van der Waals surface area contributed by atoms with Crippen molar-refractivity contribution in [3.8, 4) is 6.07 Å². The maximum absolute atomic E-state index is 14.3. The largest absolute Gasteiger partial charge is 0.406 e. The predicted octanol–water partition coefficient (Wildman–Crippen LogP) is 3.00. The molecular weight excluding hydrogens is 395 g/mol. The number of halogens is 3. The number of carbonyl (C=O) groups excluding carboxylic acids is 1. The summed E-state index contributed by atoms with van der Waals surface area (Å²) in [4.78, 5) is 16.9. The maximum atomic E-state index is 14.3. The number of allylic oxidation sites excluding steroid dienone is 2. The summed E-state index contributed by atoms with van der Waals surface area (Å²) in [5.41, 5.74) is 5.25. The molecule has 2 rings (SSSR count). The molecule has 162 valence electrons. The fourth-order valence-corrected chi connectivity index (χ4v) is 3.67. The summed E-state index contributed by atoms with van der Waals surface area (Å²) < 4.78 is 42.9. The molecule has 1 aromatic rings. The fraction of sp³-hybridized carbons (Fsp3) is 0.476. The number of hydrogen-bond acceptors (Lipinski definition) is 5. The Balaban J connectivity index is 2.45. The molecule has 9 heteroatoms. The van der Waals surface area contributed by atoms with Crippen molar-refractivity contribution in [2.75, 3.05) is 6.54 Å². The first-order chi connectivity index (χ1) is 14.0. The van der Waals surface area contributed by atoms with Gasteiger partial charge in [0.25, 0.3) is 0 Å². The van der Waals surface area contributed by atoms with E-state index in [4.69, 9.17) is 5.73 Å². The topological polar surface area (TPSA) is 95.0 Å². The number of nitriles is 1. The number of aromatic nitrogens is 1. The summed E-state index contributed by atoms with van der Waals surface area (Å²) in [6.45, 7) is 4.36. The molecule has 0 bridgehead atoms. The van der Waals surface area contributed by atoms with E-state index in [-0.39, 0.29) is 12.3 Å². The molecule has 2 heterocycles. The molecule has 0 fully saturated rings. The molecule has 1 aromatic heterocycles. The van der Waals surface area contributed by atoms with Gasteiger partial charge in [-0.1, -0.05) is 32.1 Å². The summed E-state index contributed by atoms with van der Waals surface area (Å²) in [7, 11) is 0. The highest BCUT2D eigenvalue weighted by atomic mass is 19.4. The van der Waals surface area contributed by atoms with Crippen LogP contribution in [0.1, 0.15) is 32.8 Å². The van der Waals surface area contributed by atoms with Crippen molar-refractivity contribution in [2.45, 2.75) is 51.0 Å². The Hall–Kier alpha value is -2.86. The monoisotopic (exact) mass is 421 g/mol. The second kappa shape index (κ2) is 9.30. The first-order valence-corrected chi connectivity index (χ1v) is 9.56. The van der Waals surface area contributed by atoms with Crippen LogP contribution in [0.4, 0.5) is 13.2 Å². The molecule has 3 N–H and O–H groups in total. The van der Waals surface area contributed by atoms with Crippen LogP contribution in [-0.4, -0.2) is 46.1 Å². The number of rotatable bonds is 8. The van der Waals surface area contributed by atoms with Crippen LogP contribution >= 0.6 is 0 Å². The van der Waals surface area contributed by atoms with E-state index < -0.39 is 36.3 Å². The number of nitrogens with one attached hydrogen (secondary N) is 1. The minimum Gasteiger partial charge on any atom is -0.380 e. The summed E-state index contributed by atoms with van der Waals surface area (Å²) in [6.07, 6.45) is 3.07. The van der Waals surface area contributed by atoms with Crippen molar-refractivity contribution in [2.24, 2.45) is 11.7 Å². The number of primary amides is 1. The van der Waals surface area contributed by atoms with Gasteiger partial charge >= 0.3 is 6.18 Å². The molecule has 0 saturated carbocycles. The molecule has 0 aromatic carbocycles. The number of amides is 1. The Morgan fingerprint density at radius 2 is 2.13 bits per heavy atom. The normalized spacial score (nSPS) is 21.0. The van der Waals surface area contributed by atoms with Crippen LogP contribution in [0.5, 0.6) is 0 Å². The highest BCUT2D eigenvalue weighted by Crippen LogP contribution is 2.37. The van der Waals surface area contributed by atoms with Gasteiger partial charge in [0.2, 0.25) is 5.91 Å². The van der Waals surface area contributed by atoms with Gasteiger partial charge in [0.05, 0.1) is 24.2 Å². The van der Waals surface area contributed by atoms with Gasteiger partial charge in [-0.15, -0.1) is 0 Å². The Bertz CT molecular complexity index is 844. The molecule has 1 aliphatic heterocycles. The Morgan fingerprint density at radius 3 is 2.57 bits per heavy atom. The lowest BCUT2D eigenvalue weighted by Gasteiger charge is -2.46. The van der Waals surface area contributed by atoms with Gasteiger partial charge in [0, 0.05) is 24.2 Å². The van der Waals surface area contributed by atoms with E-state index in [1.807, 2.05) is 0 Å². The highest BCUT2D eigenvalue weighted by molar-refractivity contribution is 5.80. The van der Waals surface area contributed by atoms with Gasteiger partial charge in [-0.3, -0.25) is 14.7 Å². The molecule has 6 nitrogen and oxygen atoms in total. The third kappa shape index (κ3) is 5.39. The van der Waals surface area contributed by atoms with Crippen LogP contribution < -0.4 is 11.1 Å². The van der Waals surface area contributed by atoms with Crippen molar-refractivity contribution < 1.29 is 18.0 Å². The SMILES string of the molecule is CC(C)C[C@@H](C(N)=O)N(CC#N)[C@H](C(F)(F)F)C1(C)C=CC(c2cccnc2)=CN1. The van der Waals surface area contributed by atoms with E-state index in [9.17, 15) is 23.2 Å². The van der Waals surface area contributed by atoms with E-state index in [0.29, 0.717) is 5.57 Å². The van der Waals surface area contributed by atoms with Crippen molar-refractivity contribution in [3.63, 3.8) is 0 Å². The number of nitrogens with two attached hydrogens (primary N) is 1. The van der Waals surface area contributed by atoms with Crippen LogP contribution in [0.3, 0.4) is 0 Å². The minimum absolute atomic E-state index is 0.0858. The standard InChI is InChI=1S/C21H26F3N5O/c1-14(2)11-17(18(26)30)29(10-8-25)19(21(22,23)24)20(3)7-6-16(13-28-20)15-5-4-9-27-12-15/h4-7,9,12-14,17,19,28H,10-11H2,1-3H3,(H2,26,30)/t17-,19-,20?/m0/s1. The Labute approximate surface area is 174 Å². The number of dihydropyridines is 1. The van der Waals surface area contributed by atoms with E-state index in [2.05, 4.69) is 10.3 Å². The summed E-state index contributed by atoms with van der Waals surface area (Å²) in [5, 5.41) is 12.1. The third-order valence-corrected chi connectivity index (χ3v) is 5.03. The van der Waals surface area contributed by atoms with Gasteiger partial charge in [0.15, 0.2) is 0 Å². The fourth-order valence-electron chi connectivity index (χ4n) is 3.67.